The number of aryl methyl sites for hydroxylation is 1. The van der Waals surface area contributed by atoms with E-state index in [4.69, 9.17) is 0 Å². The van der Waals surface area contributed by atoms with Crippen molar-refractivity contribution >= 4 is 40.9 Å². The fraction of sp³-hybridized carbons (Fsp3) is 0.381. The van der Waals surface area contributed by atoms with Gasteiger partial charge in [0, 0.05) is 17.2 Å². The summed E-state index contributed by atoms with van der Waals surface area (Å²) in [6.07, 6.45) is 0.899. The van der Waals surface area contributed by atoms with E-state index in [1.54, 1.807) is 23.1 Å². The Morgan fingerprint density at radius 1 is 1.17 bits per heavy atom. The Bertz CT molecular complexity index is 860. The van der Waals surface area contributed by atoms with E-state index < -0.39 is 30.6 Å². The van der Waals surface area contributed by atoms with Crippen LogP contribution in [-0.2, 0) is 20.8 Å². The molecule has 1 amide bonds. The molecule has 2 heterocycles. The van der Waals surface area contributed by atoms with Crippen molar-refractivity contribution in [2.75, 3.05) is 18.8 Å². The predicted octanol–water partition coefficient (Wildman–Crippen LogP) is 2.49. The highest BCUT2D eigenvalue weighted by Crippen LogP contribution is 2.35. The largest absolute Gasteiger partial charge is 0.480 e. The van der Waals surface area contributed by atoms with Crippen LogP contribution in [0.5, 0.6) is 0 Å². The second-order valence-corrected chi connectivity index (χ2v) is 9.30. The fourth-order valence-corrected chi connectivity index (χ4v) is 5.66. The van der Waals surface area contributed by atoms with Crippen LogP contribution in [0.4, 0.5) is 0 Å². The average Bonchev–Trinajstić information content (AvgIpc) is 3.21. The zero-order valence-electron chi connectivity index (χ0n) is 16.3. The second kappa shape index (κ2) is 10.6. The number of nitrogens with one attached hydrogen (secondary N) is 1. The van der Waals surface area contributed by atoms with Gasteiger partial charge in [-0.1, -0.05) is 36.4 Å². The minimum Gasteiger partial charge on any atom is -0.480 e. The van der Waals surface area contributed by atoms with E-state index in [9.17, 15) is 24.6 Å². The van der Waals surface area contributed by atoms with Crippen LogP contribution < -0.4 is 5.32 Å². The number of thioether (sulfide) groups is 1. The van der Waals surface area contributed by atoms with Gasteiger partial charge in [-0.05, 0) is 29.9 Å². The lowest BCUT2D eigenvalue weighted by molar-refractivity contribution is -0.146. The van der Waals surface area contributed by atoms with E-state index in [1.807, 2.05) is 47.8 Å². The van der Waals surface area contributed by atoms with Crippen molar-refractivity contribution in [3.8, 4) is 0 Å². The summed E-state index contributed by atoms with van der Waals surface area (Å²) in [7, 11) is 0. The van der Waals surface area contributed by atoms with Crippen LogP contribution in [0.15, 0.2) is 47.8 Å². The van der Waals surface area contributed by atoms with E-state index in [1.165, 1.54) is 4.90 Å². The van der Waals surface area contributed by atoms with Gasteiger partial charge in [0.1, 0.15) is 12.6 Å². The van der Waals surface area contributed by atoms with Crippen molar-refractivity contribution < 1.29 is 24.6 Å². The molecule has 0 unspecified atom stereocenters. The number of carbonyl (C=O) groups is 3. The van der Waals surface area contributed by atoms with E-state index in [-0.39, 0.29) is 17.7 Å². The third-order valence-corrected chi connectivity index (χ3v) is 7.38. The number of carboxylic acid groups (broad SMARTS) is 2. The standard InChI is InChI=1S/C21H24N2O5S2/c24-19(25)12-23-11-18(17-7-4-10-29-17)30-13-16(20(23)26)22-15(21(27)28)9-8-14-5-2-1-3-6-14/h1-7,10,15-16,18,22H,8-9,11-13H2,(H,24,25)(H,27,28)/t15-,16-,18-/m0/s1. The topological polar surface area (TPSA) is 107 Å². The number of carbonyl (C=O) groups excluding carboxylic acids is 1. The average molecular weight is 449 g/mol. The molecule has 0 radical (unpaired) electrons. The number of nitrogens with zero attached hydrogens (tertiary/aromatic N) is 1. The number of hydrogen-bond acceptors (Lipinski definition) is 6. The van der Waals surface area contributed by atoms with Crippen LogP contribution >= 0.6 is 23.1 Å². The molecule has 1 aliphatic heterocycles. The molecule has 1 aliphatic rings. The number of aliphatic carboxylic acids is 2. The lowest BCUT2D eigenvalue weighted by Crippen LogP contribution is -2.53. The maximum absolute atomic E-state index is 13.0. The summed E-state index contributed by atoms with van der Waals surface area (Å²) in [5.41, 5.74) is 1.03. The first-order chi connectivity index (χ1) is 14.4. The highest BCUT2D eigenvalue weighted by molar-refractivity contribution is 7.99. The molecule has 9 heteroatoms. The van der Waals surface area contributed by atoms with Gasteiger partial charge in [-0.25, -0.2) is 0 Å². The Kier molecular flexibility index (Phi) is 7.89. The van der Waals surface area contributed by atoms with Gasteiger partial charge in [0.2, 0.25) is 5.91 Å². The van der Waals surface area contributed by atoms with Crippen molar-refractivity contribution in [1.29, 1.82) is 0 Å². The maximum atomic E-state index is 13.0. The first kappa shape index (κ1) is 22.3. The maximum Gasteiger partial charge on any atom is 0.323 e. The van der Waals surface area contributed by atoms with E-state index in [0.29, 0.717) is 18.6 Å². The molecule has 160 valence electrons. The van der Waals surface area contributed by atoms with Gasteiger partial charge in [-0.2, -0.15) is 0 Å². The van der Waals surface area contributed by atoms with Gasteiger partial charge in [-0.15, -0.1) is 23.1 Å². The lowest BCUT2D eigenvalue weighted by atomic mass is 10.0. The minimum atomic E-state index is -1.09. The van der Waals surface area contributed by atoms with Gasteiger partial charge >= 0.3 is 11.9 Å². The smallest absolute Gasteiger partial charge is 0.323 e. The zero-order valence-corrected chi connectivity index (χ0v) is 17.9. The monoisotopic (exact) mass is 448 g/mol. The van der Waals surface area contributed by atoms with Crippen LogP contribution in [0.3, 0.4) is 0 Å². The number of carboxylic acids is 2. The first-order valence-electron chi connectivity index (χ1n) is 9.62. The Labute approximate surface area is 183 Å². The highest BCUT2D eigenvalue weighted by atomic mass is 32.2. The molecule has 1 saturated heterocycles. The molecule has 0 saturated carbocycles. The molecule has 2 aromatic rings. The molecule has 3 N–H and O–H groups in total. The zero-order chi connectivity index (χ0) is 21.5. The Balaban J connectivity index is 1.72. The van der Waals surface area contributed by atoms with Crippen LogP contribution in [0.2, 0.25) is 0 Å². The molecule has 1 aromatic carbocycles. The molecular weight excluding hydrogens is 424 g/mol. The highest BCUT2D eigenvalue weighted by Gasteiger charge is 2.35. The normalized spacial score (nSPS) is 20.5. The summed E-state index contributed by atoms with van der Waals surface area (Å²) < 4.78 is 0. The van der Waals surface area contributed by atoms with Crippen LogP contribution in [0.1, 0.15) is 22.1 Å². The summed E-state index contributed by atoms with van der Waals surface area (Å²) in [5.74, 6) is -2.09. The fourth-order valence-electron chi connectivity index (χ4n) is 3.40. The molecule has 0 bridgehead atoms. The molecule has 3 atom stereocenters. The van der Waals surface area contributed by atoms with Crippen LogP contribution in [-0.4, -0.2) is 63.9 Å². The third kappa shape index (κ3) is 6.07. The molecule has 1 aromatic heterocycles. The molecule has 7 nitrogen and oxygen atoms in total. The molecule has 0 spiro atoms. The van der Waals surface area contributed by atoms with Gasteiger partial charge < -0.3 is 15.1 Å². The first-order valence-corrected chi connectivity index (χ1v) is 11.5. The molecule has 3 rings (SSSR count). The van der Waals surface area contributed by atoms with Crippen LogP contribution in [0.25, 0.3) is 0 Å². The number of rotatable bonds is 9. The van der Waals surface area contributed by atoms with Gasteiger partial charge in [-0.3, -0.25) is 19.7 Å². The van der Waals surface area contributed by atoms with E-state index in [2.05, 4.69) is 5.32 Å². The third-order valence-electron chi connectivity index (χ3n) is 4.91. The molecule has 1 fully saturated rings. The van der Waals surface area contributed by atoms with Crippen molar-refractivity contribution in [3.05, 3.63) is 58.3 Å². The molecular formula is C21H24N2O5S2. The second-order valence-electron chi connectivity index (χ2n) is 7.08. The molecule has 0 aliphatic carbocycles. The van der Waals surface area contributed by atoms with Gasteiger partial charge in [0.05, 0.1) is 11.3 Å². The summed E-state index contributed by atoms with van der Waals surface area (Å²) in [6.45, 7) is -0.114. The van der Waals surface area contributed by atoms with Gasteiger partial charge in [0.15, 0.2) is 0 Å². The number of benzene rings is 1. The predicted molar refractivity (Wildman–Crippen MR) is 117 cm³/mol. The summed E-state index contributed by atoms with van der Waals surface area (Å²) >= 11 is 3.12. The van der Waals surface area contributed by atoms with Crippen molar-refractivity contribution in [2.24, 2.45) is 0 Å². The van der Waals surface area contributed by atoms with Crippen molar-refractivity contribution in [1.82, 2.24) is 10.2 Å². The quantitative estimate of drug-likeness (QED) is 0.541. The summed E-state index contributed by atoms with van der Waals surface area (Å²) in [5, 5.41) is 23.8. The van der Waals surface area contributed by atoms with Crippen LogP contribution in [0, 0.1) is 0 Å². The molecule has 30 heavy (non-hydrogen) atoms. The SMILES string of the molecule is O=C(O)CN1C[C@@H](c2cccs2)SC[C@H](N[C@@H](CCc2ccccc2)C(=O)O)C1=O. The number of hydrogen-bond donors (Lipinski definition) is 3. The van der Waals surface area contributed by atoms with E-state index >= 15 is 0 Å². The van der Waals surface area contributed by atoms with Crippen molar-refractivity contribution in [2.45, 2.75) is 30.2 Å². The minimum absolute atomic E-state index is 0.0345. The summed E-state index contributed by atoms with van der Waals surface area (Å²) in [6, 6.07) is 11.8. The lowest BCUT2D eigenvalue weighted by Gasteiger charge is -2.26. The Hall–Kier alpha value is -2.36. The Morgan fingerprint density at radius 3 is 2.57 bits per heavy atom. The Morgan fingerprint density at radius 2 is 1.93 bits per heavy atom. The number of thiophene rings is 1. The number of amides is 1. The summed E-state index contributed by atoms with van der Waals surface area (Å²) in [4.78, 5) is 38.5. The van der Waals surface area contributed by atoms with Gasteiger partial charge in [0.25, 0.3) is 0 Å². The van der Waals surface area contributed by atoms with Crippen molar-refractivity contribution in [3.63, 3.8) is 0 Å². The van der Waals surface area contributed by atoms with E-state index in [0.717, 1.165) is 10.4 Å².